The molecule has 0 N–H and O–H groups in total. The second-order valence-electron chi connectivity index (χ2n) is 3.70. The summed E-state index contributed by atoms with van der Waals surface area (Å²) < 4.78 is 0. The van der Waals surface area contributed by atoms with Crippen molar-refractivity contribution in [3.8, 4) is 0 Å². The van der Waals surface area contributed by atoms with Crippen LogP contribution < -0.4 is 0 Å². The molecule has 0 saturated heterocycles. The highest BCUT2D eigenvalue weighted by Gasteiger charge is 2.17. The largest absolute Gasteiger partial charge is 0.0651 e. The Morgan fingerprint density at radius 3 is 1.91 bits per heavy atom. The van der Waals surface area contributed by atoms with E-state index in [0.717, 1.165) is 24.2 Å². The third-order valence-electron chi connectivity index (χ3n) is 3.18. The van der Waals surface area contributed by atoms with Gasteiger partial charge in [-0.3, -0.25) is 0 Å². The van der Waals surface area contributed by atoms with Crippen molar-refractivity contribution in [3.63, 3.8) is 0 Å². The first-order valence-electron chi connectivity index (χ1n) is 4.96. The van der Waals surface area contributed by atoms with E-state index in [1.807, 2.05) is 0 Å². The lowest BCUT2D eigenvalue weighted by atomic mass is 9.80. The van der Waals surface area contributed by atoms with E-state index >= 15 is 0 Å². The topological polar surface area (TPSA) is 0 Å². The summed E-state index contributed by atoms with van der Waals surface area (Å²) in [4.78, 5) is 0. The SMILES string of the molecule is [CH2]CC(CC)C(C)C(C)CC. The Morgan fingerprint density at radius 2 is 1.64 bits per heavy atom. The van der Waals surface area contributed by atoms with Gasteiger partial charge in [0.05, 0.1) is 0 Å². The molecule has 11 heavy (non-hydrogen) atoms. The van der Waals surface area contributed by atoms with Crippen LogP contribution in [-0.4, -0.2) is 0 Å². The highest BCUT2D eigenvalue weighted by Crippen LogP contribution is 2.27. The Bertz CT molecular complexity index is 82.0. The first-order valence-corrected chi connectivity index (χ1v) is 4.96. The van der Waals surface area contributed by atoms with Crippen molar-refractivity contribution < 1.29 is 0 Å². The van der Waals surface area contributed by atoms with E-state index in [0.29, 0.717) is 0 Å². The molecule has 0 nitrogen and oxygen atoms in total. The van der Waals surface area contributed by atoms with Crippen LogP contribution in [0.1, 0.15) is 47.0 Å². The minimum Gasteiger partial charge on any atom is -0.0651 e. The molecule has 0 aliphatic heterocycles. The van der Waals surface area contributed by atoms with Gasteiger partial charge in [-0.2, -0.15) is 0 Å². The van der Waals surface area contributed by atoms with Crippen molar-refractivity contribution in [2.75, 3.05) is 0 Å². The molecule has 0 aliphatic carbocycles. The summed E-state index contributed by atoms with van der Waals surface area (Å²) in [5, 5.41) is 0. The summed E-state index contributed by atoms with van der Waals surface area (Å²) in [6.45, 7) is 13.3. The average Bonchev–Trinajstić information content (AvgIpc) is 2.05. The zero-order chi connectivity index (χ0) is 8.85. The Hall–Kier alpha value is 0. The minimum atomic E-state index is 0.838. The molecule has 0 fully saturated rings. The van der Waals surface area contributed by atoms with Gasteiger partial charge < -0.3 is 0 Å². The standard InChI is InChI=1S/C11H23/c1-6-9(4)10(5)11(7-2)8-3/h9-11H,2,6-8H2,1,3-5H3. The Balaban J connectivity index is 3.86. The molecule has 0 heterocycles. The minimum absolute atomic E-state index is 0.838. The van der Waals surface area contributed by atoms with Gasteiger partial charge in [0.25, 0.3) is 0 Å². The molecule has 3 atom stereocenters. The van der Waals surface area contributed by atoms with Crippen LogP contribution in [0.2, 0.25) is 0 Å². The smallest absolute Gasteiger partial charge is 0.0389 e. The van der Waals surface area contributed by atoms with Crippen molar-refractivity contribution in [1.82, 2.24) is 0 Å². The van der Waals surface area contributed by atoms with Crippen LogP contribution in [0.15, 0.2) is 0 Å². The van der Waals surface area contributed by atoms with Gasteiger partial charge in [-0.1, -0.05) is 53.9 Å². The molecule has 0 spiro atoms. The Labute approximate surface area is 72.4 Å². The molecule has 0 aliphatic rings. The van der Waals surface area contributed by atoms with Crippen molar-refractivity contribution >= 4 is 0 Å². The second-order valence-corrected chi connectivity index (χ2v) is 3.70. The predicted molar refractivity (Wildman–Crippen MR) is 52.4 cm³/mol. The molecule has 0 heteroatoms. The highest BCUT2D eigenvalue weighted by atomic mass is 14.2. The summed E-state index contributed by atoms with van der Waals surface area (Å²) in [5.74, 6) is 2.55. The lowest BCUT2D eigenvalue weighted by molar-refractivity contribution is 0.250. The van der Waals surface area contributed by atoms with Crippen LogP contribution >= 0.6 is 0 Å². The maximum atomic E-state index is 3.99. The van der Waals surface area contributed by atoms with Crippen molar-refractivity contribution in [1.29, 1.82) is 0 Å². The van der Waals surface area contributed by atoms with Gasteiger partial charge >= 0.3 is 0 Å². The second kappa shape index (κ2) is 5.62. The number of rotatable bonds is 5. The van der Waals surface area contributed by atoms with E-state index in [4.69, 9.17) is 0 Å². The molecular weight excluding hydrogens is 132 g/mol. The summed E-state index contributed by atoms with van der Waals surface area (Å²) in [6, 6.07) is 0. The zero-order valence-electron chi connectivity index (χ0n) is 8.56. The zero-order valence-corrected chi connectivity index (χ0v) is 8.56. The van der Waals surface area contributed by atoms with Crippen LogP contribution in [0.4, 0.5) is 0 Å². The fraction of sp³-hybridized carbons (Fsp3) is 0.909. The van der Waals surface area contributed by atoms with Crippen LogP contribution in [0, 0.1) is 24.7 Å². The van der Waals surface area contributed by atoms with Gasteiger partial charge in [0.2, 0.25) is 0 Å². The normalized spacial score (nSPS) is 16.9. The van der Waals surface area contributed by atoms with Gasteiger partial charge in [0.1, 0.15) is 0 Å². The van der Waals surface area contributed by atoms with Crippen molar-refractivity contribution in [3.05, 3.63) is 6.92 Å². The molecule has 1 radical (unpaired) electrons. The van der Waals surface area contributed by atoms with Crippen LogP contribution in [0.3, 0.4) is 0 Å². The van der Waals surface area contributed by atoms with Gasteiger partial charge in [-0.05, 0) is 17.8 Å². The Morgan fingerprint density at radius 1 is 1.09 bits per heavy atom. The van der Waals surface area contributed by atoms with E-state index in [2.05, 4.69) is 34.6 Å². The van der Waals surface area contributed by atoms with E-state index in [1.165, 1.54) is 12.8 Å². The third kappa shape index (κ3) is 3.27. The van der Waals surface area contributed by atoms with E-state index in [9.17, 15) is 0 Å². The van der Waals surface area contributed by atoms with Crippen LogP contribution in [-0.2, 0) is 0 Å². The first kappa shape index (κ1) is 11.0. The molecular formula is C11H23. The third-order valence-corrected chi connectivity index (χ3v) is 3.18. The molecule has 3 unspecified atom stereocenters. The first-order chi connectivity index (χ1) is 5.17. The molecule has 0 aromatic rings. The predicted octanol–water partition coefficient (Wildman–Crippen LogP) is 3.92. The summed E-state index contributed by atoms with van der Waals surface area (Å²) in [5.41, 5.74) is 0. The average molecular weight is 155 g/mol. The monoisotopic (exact) mass is 155 g/mol. The number of hydrogen-bond acceptors (Lipinski definition) is 0. The summed E-state index contributed by atoms with van der Waals surface area (Å²) in [7, 11) is 0. The van der Waals surface area contributed by atoms with Crippen LogP contribution in [0.25, 0.3) is 0 Å². The summed E-state index contributed by atoms with van der Waals surface area (Å²) in [6.07, 6.45) is 3.69. The van der Waals surface area contributed by atoms with Crippen molar-refractivity contribution in [2.24, 2.45) is 17.8 Å². The highest BCUT2D eigenvalue weighted by molar-refractivity contribution is 4.70. The molecule has 0 amide bonds. The maximum absolute atomic E-state index is 3.99. The number of hydrogen-bond donors (Lipinski definition) is 0. The lowest BCUT2D eigenvalue weighted by Gasteiger charge is -2.26. The molecule has 0 aromatic carbocycles. The fourth-order valence-corrected chi connectivity index (χ4v) is 1.68. The van der Waals surface area contributed by atoms with E-state index in [-0.39, 0.29) is 0 Å². The van der Waals surface area contributed by atoms with Gasteiger partial charge in [0.15, 0.2) is 0 Å². The quantitative estimate of drug-likeness (QED) is 0.564. The van der Waals surface area contributed by atoms with Crippen LogP contribution in [0.5, 0.6) is 0 Å². The van der Waals surface area contributed by atoms with Gasteiger partial charge in [0, 0.05) is 0 Å². The van der Waals surface area contributed by atoms with Gasteiger partial charge in [-0.15, -0.1) is 0 Å². The van der Waals surface area contributed by atoms with E-state index in [1.54, 1.807) is 0 Å². The maximum Gasteiger partial charge on any atom is -0.0389 e. The lowest BCUT2D eigenvalue weighted by Crippen LogP contribution is -2.17. The van der Waals surface area contributed by atoms with Gasteiger partial charge in [-0.25, -0.2) is 0 Å². The Kier molecular flexibility index (Phi) is 5.62. The summed E-state index contributed by atoms with van der Waals surface area (Å²) >= 11 is 0. The molecule has 67 valence electrons. The van der Waals surface area contributed by atoms with Crippen molar-refractivity contribution in [2.45, 2.75) is 47.0 Å². The molecule has 0 aromatic heterocycles. The molecule has 0 bridgehead atoms. The van der Waals surface area contributed by atoms with E-state index < -0.39 is 0 Å². The molecule has 0 saturated carbocycles. The fourth-order valence-electron chi connectivity index (χ4n) is 1.68. The molecule has 0 rings (SSSR count).